The fraction of sp³-hybridized carbons (Fsp3) is 0.312. The third-order valence-corrected chi connectivity index (χ3v) is 2.87. The summed E-state index contributed by atoms with van der Waals surface area (Å²) in [6.45, 7) is 8.21. The Morgan fingerprint density at radius 3 is 2.76 bits per heavy atom. The van der Waals surface area contributed by atoms with Crippen molar-refractivity contribution in [2.45, 2.75) is 20.3 Å². The fourth-order valence-corrected chi connectivity index (χ4v) is 1.84. The molecule has 2 aromatic rings. The van der Waals surface area contributed by atoms with Crippen LogP contribution in [0.3, 0.4) is 0 Å². The first-order chi connectivity index (χ1) is 10.1. The Labute approximate surface area is 123 Å². The van der Waals surface area contributed by atoms with Gasteiger partial charge in [-0.2, -0.15) is 0 Å². The van der Waals surface area contributed by atoms with Crippen molar-refractivity contribution >= 4 is 16.9 Å². The van der Waals surface area contributed by atoms with Crippen molar-refractivity contribution < 1.29 is 14.3 Å². The highest BCUT2D eigenvalue weighted by Crippen LogP contribution is 2.27. The van der Waals surface area contributed by atoms with Gasteiger partial charge in [0.25, 0.3) is 0 Å². The van der Waals surface area contributed by atoms with Gasteiger partial charge in [0.15, 0.2) is 5.75 Å². The Kier molecular flexibility index (Phi) is 4.87. The molecule has 0 aliphatic heterocycles. The van der Waals surface area contributed by atoms with Crippen molar-refractivity contribution in [3.8, 4) is 5.75 Å². The lowest BCUT2D eigenvalue weighted by atomic mass is 10.2. The Hall–Kier alpha value is -2.43. The summed E-state index contributed by atoms with van der Waals surface area (Å²) in [6.07, 6.45) is 0.707. The molecule has 0 saturated carbocycles. The maximum atomic E-state index is 12.0. The number of carbonyl (C=O) groups excluding carboxylic acids is 1. The van der Waals surface area contributed by atoms with E-state index in [4.69, 9.17) is 9.47 Å². The second kappa shape index (κ2) is 6.83. The molecular formula is C16H18N2O3. The van der Waals surface area contributed by atoms with Crippen molar-refractivity contribution in [1.82, 2.24) is 10.2 Å². The van der Waals surface area contributed by atoms with Gasteiger partial charge < -0.3 is 9.47 Å². The van der Waals surface area contributed by atoms with Crippen LogP contribution in [0.4, 0.5) is 0 Å². The van der Waals surface area contributed by atoms with Crippen molar-refractivity contribution in [3.63, 3.8) is 0 Å². The number of esters is 1. The van der Waals surface area contributed by atoms with Crippen LogP contribution in [-0.2, 0) is 4.74 Å². The van der Waals surface area contributed by atoms with Gasteiger partial charge in [-0.3, -0.25) is 0 Å². The van der Waals surface area contributed by atoms with Gasteiger partial charge in [0.2, 0.25) is 5.69 Å². The van der Waals surface area contributed by atoms with Crippen LogP contribution in [0, 0.1) is 0 Å². The predicted octanol–water partition coefficient (Wildman–Crippen LogP) is 3.15. The van der Waals surface area contributed by atoms with Gasteiger partial charge in [0, 0.05) is 11.8 Å². The minimum absolute atomic E-state index is 0.109. The van der Waals surface area contributed by atoms with Gasteiger partial charge >= 0.3 is 5.97 Å². The number of aromatic nitrogens is 2. The average molecular weight is 286 g/mol. The summed E-state index contributed by atoms with van der Waals surface area (Å²) in [5, 5.41) is 8.74. The van der Waals surface area contributed by atoms with Gasteiger partial charge in [0.05, 0.1) is 18.7 Å². The molecule has 1 aromatic heterocycles. The van der Waals surface area contributed by atoms with Crippen molar-refractivity contribution in [1.29, 1.82) is 0 Å². The van der Waals surface area contributed by atoms with Crippen LogP contribution >= 0.6 is 0 Å². The Bertz CT molecular complexity index is 668. The Morgan fingerprint density at radius 2 is 2.05 bits per heavy atom. The number of carbonyl (C=O) groups is 1. The van der Waals surface area contributed by atoms with Crippen LogP contribution in [0.25, 0.3) is 10.9 Å². The topological polar surface area (TPSA) is 61.3 Å². The van der Waals surface area contributed by atoms with E-state index in [2.05, 4.69) is 16.8 Å². The highest BCUT2D eigenvalue weighted by molar-refractivity contribution is 5.97. The van der Waals surface area contributed by atoms with Gasteiger partial charge in [-0.1, -0.05) is 17.7 Å². The maximum Gasteiger partial charge on any atom is 0.362 e. The fourth-order valence-electron chi connectivity index (χ4n) is 1.84. The van der Waals surface area contributed by atoms with Crippen molar-refractivity contribution in [2.24, 2.45) is 0 Å². The summed E-state index contributed by atoms with van der Waals surface area (Å²) in [4.78, 5) is 12.0. The van der Waals surface area contributed by atoms with Crippen LogP contribution in [0.15, 0.2) is 36.4 Å². The molecule has 1 aromatic carbocycles. The zero-order valence-corrected chi connectivity index (χ0v) is 12.3. The standard InChI is InChI=1S/C16H18N2O3/c1-4-20-16(19)14-15(21-10-9-11(2)3)12-7-5-6-8-13(12)17-18-14/h5-8H,2,4,9-10H2,1,3H3. The molecule has 0 atom stereocenters. The predicted molar refractivity (Wildman–Crippen MR) is 80.4 cm³/mol. The number of fused-ring (bicyclic) bond motifs is 1. The normalized spacial score (nSPS) is 10.4. The summed E-state index contributed by atoms with van der Waals surface area (Å²) < 4.78 is 10.8. The van der Waals surface area contributed by atoms with Crippen LogP contribution < -0.4 is 4.74 Å². The molecule has 0 saturated heterocycles. The summed E-state index contributed by atoms with van der Waals surface area (Å²) in [5.74, 6) is -0.110. The van der Waals surface area contributed by atoms with Crippen LogP contribution in [0.1, 0.15) is 30.8 Å². The molecule has 1 heterocycles. The molecule has 0 unspecified atom stereocenters. The molecule has 21 heavy (non-hydrogen) atoms. The lowest BCUT2D eigenvalue weighted by Gasteiger charge is -2.12. The maximum absolute atomic E-state index is 12.0. The number of rotatable bonds is 6. The molecule has 110 valence electrons. The number of hydrogen-bond acceptors (Lipinski definition) is 5. The van der Waals surface area contributed by atoms with Gasteiger partial charge in [-0.25, -0.2) is 4.79 Å². The van der Waals surface area contributed by atoms with E-state index in [9.17, 15) is 4.79 Å². The first kappa shape index (κ1) is 15.0. The third-order valence-electron chi connectivity index (χ3n) is 2.87. The van der Waals surface area contributed by atoms with Crippen LogP contribution in [-0.4, -0.2) is 29.4 Å². The van der Waals surface area contributed by atoms with E-state index in [1.165, 1.54) is 0 Å². The van der Waals surface area contributed by atoms with E-state index in [1.807, 2.05) is 31.2 Å². The second-order valence-corrected chi connectivity index (χ2v) is 4.67. The molecule has 5 nitrogen and oxygen atoms in total. The van der Waals surface area contributed by atoms with Crippen LogP contribution in [0.2, 0.25) is 0 Å². The van der Waals surface area contributed by atoms with E-state index in [1.54, 1.807) is 6.92 Å². The molecule has 0 fully saturated rings. The van der Waals surface area contributed by atoms with E-state index in [0.717, 1.165) is 11.0 Å². The Morgan fingerprint density at radius 1 is 1.29 bits per heavy atom. The molecule has 0 amide bonds. The summed E-state index contributed by atoms with van der Waals surface area (Å²) in [7, 11) is 0. The van der Waals surface area contributed by atoms with Gasteiger partial charge in [-0.05, 0) is 26.0 Å². The van der Waals surface area contributed by atoms with Crippen LogP contribution in [0.5, 0.6) is 5.75 Å². The number of benzene rings is 1. The molecule has 0 N–H and O–H groups in total. The lowest BCUT2D eigenvalue weighted by molar-refractivity contribution is 0.0513. The van der Waals surface area contributed by atoms with Crippen molar-refractivity contribution in [2.75, 3.05) is 13.2 Å². The third kappa shape index (κ3) is 3.56. The first-order valence-corrected chi connectivity index (χ1v) is 6.83. The van der Waals surface area contributed by atoms with Gasteiger partial charge in [0.1, 0.15) is 0 Å². The Balaban J connectivity index is 2.41. The zero-order valence-electron chi connectivity index (χ0n) is 12.3. The number of hydrogen-bond donors (Lipinski definition) is 0. The molecule has 0 aliphatic rings. The van der Waals surface area contributed by atoms with Crippen molar-refractivity contribution in [3.05, 3.63) is 42.1 Å². The molecule has 0 radical (unpaired) electrons. The summed E-state index contributed by atoms with van der Waals surface area (Å²) in [5.41, 5.74) is 1.80. The quantitative estimate of drug-likeness (QED) is 0.603. The first-order valence-electron chi connectivity index (χ1n) is 6.83. The summed E-state index contributed by atoms with van der Waals surface area (Å²) in [6, 6.07) is 7.40. The van der Waals surface area contributed by atoms with E-state index >= 15 is 0 Å². The average Bonchev–Trinajstić information content (AvgIpc) is 2.47. The molecule has 2 rings (SSSR count). The minimum Gasteiger partial charge on any atom is -0.490 e. The molecule has 0 spiro atoms. The molecule has 0 aliphatic carbocycles. The number of ether oxygens (including phenoxy) is 2. The number of nitrogens with zero attached hydrogens (tertiary/aromatic N) is 2. The van der Waals surface area contributed by atoms with E-state index in [-0.39, 0.29) is 12.3 Å². The second-order valence-electron chi connectivity index (χ2n) is 4.67. The largest absolute Gasteiger partial charge is 0.490 e. The van der Waals surface area contributed by atoms with Gasteiger partial charge in [-0.15, -0.1) is 16.8 Å². The summed E-state index contributed by atoms with van der Waals surface area (Å²) >= 11 is 0. The molecular weight excluding hydrogens is 268 g/mol. The molecule has 5 heteroatoms. The highest BCUT2D eigenvalue weighted by atomic mass is 16.5. The zero-order chi connectivity index (χ0) is 15.2. The SMILES string of the molecule is C=C(C)CCOc1c(C(=O)OCC)nnc2ccccc12. The van der Waals surface area contributed by atoms with E-state index in [0.29, 0.717) is 24.3 Å². The monoisotopic (exact) mass is 286 g/mol. The molecule has 0 bridgehead atoms. The minimum atomic E-state index is -0.527. The smallest absolute Gasteiger partial charge is 0.362 e. The lowest BCUT2D eigenvalue weighted by Crippen LogP contribution is -2.12. The highest BCUT2D eigenvalue weighted by Gasteiger charge is 2.19. The van der Waals surface area contributed by atoms with E-state index < -0.39 is 5.97 Å².